The first kappa shape index (κ1) is 15.9. The van der Waals surface area contributed by atoms with Gasteiger partial charge in [0, 0.05) is 13.1 Å². The Hall–Kier alpha value is -1.99. The number of aromatic nitrogens is 1. The average molecular weight is 336 g/mol. The maximum Gasteiger partial charge on any atom is 0.266 e. The number of rotatable bonds is 4. The SMILES string of the molecule is Cc1nc(COc2ccc(F)cc2)sc1C(=O)N1CCOCC1. The molecule has 0 radical (unpaired) electrons. The van der Waals surface area contributed by atoms with Gasteiger partial charge in [-0.05, 0) is 31.2 Å². The fourth-order valence-corrected chi connectivity index (χ4v) is 3.24. The molecule has 0 N–H and O–H groups in total. The number of morpholine rings is 1. The molecule has 0 atom stereocenters. The number of carbonyl (C=O) groups excluding carboxylic acids is 1. The van der Waals surface area contributed by atoms with Crippen LogP contribution in [-0.4, -0.2) is 42.1 Å². The highest BCUT2D eigenvalue weighted by atomic mass is 32.1. The maximum absolute atomic E-state index is 12.9. The summed E-state index contributed by atoms with van der Waals surface area (Å²) < 4.78 is 23.7. The summed E-state index contributed by atoms with van der Waals surface area (Å²) in [6, 6.07) is 5.82. The Bertz CT molecular complexity index is 681. The van der Waals surface area contributed by atoms with Gasteiger partial charge in [-0.1, -0.05) is 0 Å². The Balaban J connectivity index is 1.65. The van der Waals surface area contributed by atoms with Gasteiger partial charge in [-0.25, -0.2) is 9.37 Å². The third kappa shape index (κ3) is 3.86. The van der Waals surface area contributed by atoms with Gasteiger partial charge in [-0.2, -0.15) is 0 Å². The van der Waals surface area contributed by atoms with Gasteiger partial charge in [0.1, 0.15) is 28.1 Å². The van der Waals surface area contributed by atoms with Crippen molar-refractivity contribution in [1.82, 2.24) is 9.88 Å². The summed E-state index contributed by atoms with van der Waals surface area (Å²) in [6.45, 7) is 4.45. The second-order valence-corrected chi connectivity index (χ2v) is 6.25. The molecule has 1 amide bonds. The summed E-state index contributed by atoms with van der Waals surface area (Å²) in [4.78, 5) is 19.3. The van der Waals surface area contributed by atoms with Gasteiger partial charge >= 0.3 is 0 Å². The minimum Gasteiger partial charge on any atom is -0.486 e. The molecule has 1 aliphatic heterocycles. The van der Waals surface area contributed by atoms with Gasteiger partial charge < -0.3 is 14.4 Å². The van der Waals surface area contributed by atoms with Crippen molar-refractivity contribution >= 4 is 17.2 Å². The number of amides is 1. The normalized spacial score (nSPS) is 14.8. The van der Waals surface area contributed by atoms with E-state index in [1.807, 2.05) is 6.92 Å². The number of aryl methyl sites for hydroxylation is 1. The van der Waals surface area contributed by atoms with Crippen LogP contribution >= 0.6 is 11.3 Å². The fraction of sp³-hybridized carbons (Fsp3) is 0.375. The van der Waals surface area contributed by atoms with Crippen molar-refractivity contribution in [2.75, 3.05) is 26.3 Å². The molecule has 23 heavy (non-hydrogen) atoms. The van der Waals surface area contributed by atoms with E-state index in [4.69, 9.17) is 9.47 Å². The molecule has 0 unspecified atom stereocenters. The molecule has 1 fully saturated rings. The van der Waals surface area contributed by atoms with Gasteiger partial charge in [-0.15, -0.1) is 11.3 Å². The van der Waals surface area contributed by atoms with Crippen LogP contribution in [0.1, 0.15) is 20.4 Å². The van der Waals surface area contributed by atoms with Crippen LogP contribution in [0, 0.1) is 12.7 Å². The van der Waals surface area contributed by atoms with Crippen LogP contribution in [0.25, 0.3) is 0 Å². The van der Waals surface area contributed by atoms with E-state index in [9.17, 15) is 9.18 Å². The molecule has 0 saturated carbocycles. The Morgan fingerprint density at radius 1 is 1.35 bits per heavy atom. The highest BCUT2D eigenvalue weighted by Gasteiger charge is 2.23. The molecule has 2 aromatic rings. The number of thiazole rings is 1. The van der Waals surface area contributed by atoms with Crippen molar-refractivity contribution < 1.29 is 18.7 Å². The first-order valence-corrected chi connectivity index (χ1v) is 8.17. The van der Waals surface area contributed by atoms with E-state index in [0.717, 1.165) is 5.01 Å². The van der Waals surface area contributed by atoms with Crippen LogP contribution in [-0.2, 0) is 11.3 Å². The van der Waals surface area contributed by atoms with E-state index >= 15 is 0 Å². The summed E-state index contributed by atoms with van der Waals surface area (Å²) in [5, 5.41) is 0.725. The molecule has 2 heterocycles. The smallest absolute Gasteiger partial charge is 0.266 e. The number of halogens is 1. The van der Waals surface area contributed by atoms with Crippen LogP contribution in [0.3, 0.4) is 0 Å². The number of hydrogen-bond donors (Lipinski definition) is 0. The summed E-state index contributed by atoms with van der Waals surface area (Å²) in [5.74, 6) is 0.262. The minimum absolute atomic E-state index is 0.00340. The van der Waals surface area contributed by atoms with E-state index in [1.54, 1.807) is 17.0 Å². The molecule has 122 valence electrons. The Kier molecular flexibility index (Phi) is 4.88. The quantitative estimate of drug-likeness (QED) is 0.861. The predicted octanol–water partition coefficient (Wildman–Crippen LogP) is 2.64. The fourth-order valence-electron chi connectivity index (χ4n) is 2.30. The minimum atomic E-state index is -0.305. The van der Waals surface area contributed by atoms with Gasteiger partial charge in [0.05, 0.1) is 18.9 Å². The van der Waals surface area contributed by atoms with E-state index in [1.165, 1.54) is 23.5 Å². The van der Waals surface area contributed by atoms with Crippen molar-refractivity contribution in [3.63, 3.8) is 0 Å². The number of carbonyl (C=O) groups is 1. The molecule has 1 aromatic heterocycles. The van der Waals surface area contributed by atoms with Crippen molar-refractivity contribution in [3.8, 4) is 5.75 Å². The predicted molar refractivity (Wildman–Crippen MR) is 84.3 cm³/mol. The molecule has 5 nitrogen and oxygen atoms in total. The monoisotopic (exact) mass is 336 g/mol. The molecule has 0 bridgehead atoms. The molecule has 0 aliphatic carbocycles. The number of hydrogen-bond acceptors (Lipinski definition) is 5. The number of ether oxygens (including phenoxy) is 2. The zero-order valence-electron chi connectivity index (χ0n) is 12.8. The second kappa shape index (κ2) is 7.06. The molecular weight excluding hydrogens is 319 g/mol. The lowest BCUT2D eigenvalue weighted by Gasteiger charge is -2.26. The third-order valence-electron chi connectivity index (χ3n) is 3.51. The third-order valence-corrected chi connectivity index (χ3v) is 4.63. The largest absolute Gasteiger partial charge is 0.486 e. The molecule has 7 heteroatoms. The summed E-state index contributed by atoms with van der Waals surface area (Å²) in [7, 11) is 0. The zero-order chi connectivity index (χ0) is 16.2. The highest BCUT2D eigenvalue weighted by Crippen LogP contribution is 2.22. The first-order chi connectivity index (χ1) is 11.1. The molecule has 3 rings (SSSR count). The molecule has 0 spiro atoms. The Morgan fingerprint density at radius 3 is 2.74 bits per heavy atom. The highest BCUT2D eigenvalue weighted by molar-refractivity contribution is 7.13. The van der Waals surface area contributed by atoms with Gasteiger partial charge in [0.15, 0.2) is 0 Å². The van der Waals surface area contributed by atoms with Gasteiger partial charge in [0.2, 0.25) is 0 Å². The average Bonchev–Trinajstić information content (AvgIpc) is 2.95. The Labute approximate surface area is 137 Å². The second-order valence-electron chi connectivity index (χ2n) is 5.17. The van der Waals surface area contributed by atoms with E-state index < -0.39 is 0 Å². The van der Waals surface area contributed by atoms with E-state index in [2.05, 4.69) is 4.98 Å². The van der Waals surface area contributed by atoms with Gasteiger partial charge in [0.25, 0.3) is 5.91 Å². The molecule has 1 aliphatic rings. The first-order valence-electron chi connectivity index (χ1n) is 7.35. The number of benzene rings is 1. The number of nitrogens with zero attached hydrogens (tertiary/aromatic N) is 2. The molecular formula is C16H17FN2O3S. The lowest BCUT2D eigenvalue weighted by Crippen LogP contribution is -2.40. The lowest BCUT2D eigenvalue weighted by atomic mass is 10.3. The molecule has 1 saturated heterocycles. The van der Waals surface area contributed by atoms with E-state index in [-0.39, 0.29) is 18.3 Å². The Morgan fingerprint density at radius 2 is 2.04 bits per heavy atom. The van der Waals surface area contributed by atoms with Crippen LogP contribution in [0.2, 0.25) is 0 Å². The van der Waals surface area contributed by atoms with Crippen LogP contribution in [0.15, 0.2) is 24.3 Å². The molecule has 1 aromatic carbocycles. The summed E-state index contributed by atoms with van der Waals surface area (Å²) >= 11 is 1.34. The van der Waals surface area contributed by atoms with Crippen molar-refractivity contribution in [1.29, 1.82) is 0 Å². The van der Waals surface area contributed by atoms with Crippen molar-refractivity contribution in [2.24, 2.45) is 0 Å². The maximum atomic E-state index is 12.9. The summed E-state index contributed by atoms with van der Waals surface area (Å²) in [6.07, 6.45) is 0. The zero-order valence-corrected chi connectivity index (χ0v) is 13.6. The van der Waals surface area contributed by atoms with E-state index in [0.29, 0.717) is 42.6 Å². The van der Waals surface area contributed by atoms with Gasteiger partial charge in [-0.3, -0.25) is 4.79 Å². The van der Waals surface area contributed by atoms with Crippen LogP contribution in [0.5, 0.6) is 5.75 Å². The topological polar surface area (TPSA) is 51.7 Å². The summed E-state index contributed by atoms with van der Waals surface area (Å²) in [5.41, 5.74) is 0.712. The lowest BCUT2D eigenvalue weighted by molar-refractivity contribution is 0.0305. The van der Waals surface area contributed by atoms with Crippen LogP contribution < -0.4 is 4.74 Å². The van der Waals surface area contributed by atoms with Crippen molar-refractivity contribution in [3.05, 3.63) is 45.7 Å². The standard InChI is InChI=1S/C16H17FN2O3S/c1-11-15(16(20)19-6-8-21-9-7-19)23-14(18-11)10-22-13-4-2-12(17)3-5-13/h2-5H,6-10H2,1H3. The van der Waals surface area contributed by atoms with Crippen molar-refractivity contribution in [2.45, 2.75) is 13.5 Å². The van der Waals surface area contributed by atoms with Crippen LogP contribution in [0.4, 0.5) is 4.39 Å².